The van der Waals surface area contributed by atoms with E-state index in [4.69, 9.17) is 49.2 Å². The minimum Gasteiger partial charge on any atom is -0.394 e. The number of benzene rings is 1. The molecule has 0 spiro atoms. The number of anilines is 1. The molecule has 0 unspecified atom stereocenters. The Morgan fingerprint density at radius 1 is 0.467 bits per heavy atom. The molecule has 41 heteroatoms. The van der Waals surface area contributed by atoms with Crippen LogP contribution in [0.5, 0.6) is 0 Å². The van der Waals surface area contributed by atoms with Gasteiger partial charge in [-0.05, 0) is 111 Å². The number of amides is 6. The first-order valence-electron chi connectivity index (χ1n) is 38.7. The van der Waals surface area contributed by atoms with E-state index in [9.17, 15) is 38.4 Å². The molecular formula is C81H141N18O18Y5-5. The largest absolute Gasteiger partial charge is 0.394 e. The van der Waals surface area contributed by atoms with Crippen molar-refractivity contribution in [2.45, 2.75) is 167 Å². The van der Waals surface area contributed by atoms with Crippen molar-refractivity contribution in [2.75, 3.05) is 163 Å². The van der Waals surface area contributed by atoms with Gasteiger partial charge in [0, 0.05) is 282 Å². The van der Waals surface area contributed by atoms with Crippen LogP contribution in [-0.2, 0) is 244 Å². The van der Waals surface area contributed by atoms with Crippen LogP contribution in [0.1, 0.15) is 159 Å². The molecule has 6 amide bonds. The van der Waals surface area contributed by atoms with Gasteiger partial charge in [0.25, 0.3) is 5.91 Å². The van der Waals surface area contributed by atoms with Crippen molar-refractivity contribution < 1.29 is 251 Å². The molecule has 6 rings (SSSR count). The average Bonchev–Trinajstić information content (AvgIpc) is 1.66. The zero-order chi connectivity index (χ0) is 89.9. The summed E-state index contributed by atoms with van der Waals surface area (Å²) in [5.41, 5.74) is 3.08. The fraction of sp³-hybridized carbons (Fsp3) is 0.642. The number of nitrogens with one attached hydrogen (secondary N) is 5. The Kier molecular flexibility index (Phi) is 83.3. The summed E-state index contributed by atoms with van der Waals surface area (Å²) in [6.07, 6.45) is 12.9. The van der Waals surface area contributed by atoms with E-state index < -0.39 is 0 Å². The second kappa shape index (κ2) is 76.1. The fourth-order valence-electron chi connectivity index (χ4n) is 7.54. The number of aliphatic hydroxyl groups excluding tert-OH is 5. The Morgan fingerprint density at radius 2 is 0.852 bits per heavy atom. The molecule has 1 aromatic carbocycles. The third-order valence-corrected chi connectivity index (χ3v) is 14.8. The van der Waals surface area contributed by atoms with Gasteiger partial charge in [-0.15, -0.1) is 15.3 Å². The van der Waals surface area contributed by atoms with E-state index in [0.717, 1.165) is 54.4 Å². The van der Waals surface area contributed by atoms with Crippen LogP contribution in [0.15, 0.2) is 61.4 Å². The number of rotatable bonds is 32. The summed E-state index contributed by atoms with van der Waals surface area (Å²) in [6.45, 7) is 62.2. The Hall–Kier alpha value is -3.85. The molecule has 0 aliphatic carbocycles. The maximum Gasteiger partial charge on any atom is 0.251 e. The SMILES string of the molecule is CC(C)(C)C(=O)NCCOCCO.CC(C)(C)n1cc(-c2cccc(C(=O)NCCOCCO)c2)nn1.CC(C)(C)n1cc(CCCC(=O)NCCOCCO)nn1.CC(C)(C)n1ccnn1.[CH2-]C(=O)C(C)(C)C.[CH2-]C(=O)C(C)(C)C.[CH2-]C(=O)N1CCN(c2ncc(C)cn2)CC1.[CH2-]C(=O)NCCOCCO.[CH2-]C(=O)NCCOCCO.[Y].[Y].[Y].[Y].[Y]. The van der Waals surface area contributed by atoms with Crippen LogP contribution >= 0.6 is 0 Å². The van der Waals surface area contributed by atoms with Gasteiger partial charge < -0.3 is 144 Å². The van der Waals surface area contributed by atoms with E-state index in [-0.39, 0.29) is 283 Å². The van der Waals surface area contributed by atoms with Crippen LogP contribution in [0.2, 0.25) is 0 Å². The summed E-state index contributed by atoms with van der Waals surface area (Å²) >= 11 is 0. The molecule has 683 valence electrons. The zero-order valence-corrected chi connectivity index (χ0v) is 90.3. The molecule has 4 aromatic heterocycles. The number of aliphatic hydroxyl groups is 5. The first-order valence-corrected chi connectivity index (χ1v) is 38.7. The molecule has 5 aromatic rings. The molecule has 1 aliphatic heterocycles. The Balaban J connectivity index is -0.000000205. The Morgan fingerprint density at radius 3 is 1.19 bits per heavy atom. The Bertz CT molecular complexity index is 3440. The minimum atomic E-state index is -0.350. The molecular weight excluding hydrogens is 1960 g/mol. The van der Waals surface area contributed by atoms with Gasteiger partial charge in [-0.1, -0.05) is 90.1 Å². The van der Waals surface area contributed by atoms with Crippen molar-refractivity contribution in [2.24, 2.45) is 16.2 Å². The van der Waals surface area contributed by atoms with Gasteiger partial charge in [0.2, 0.25) is 17.8 Å². The van der Waals surface area contributed by atoms with Crippen molar-refractivity contribution in [3.8, 4) is 11.3 Å². The van der Waals surface area contributed by atoms with Crippen LogP contribution in [0.25, 0.3) is 11.3 Å². The number of hydrogen-bond acceptors (Lipinski definition) is 27. The van der Waals surface area contributed by atoms with Crippen LogP contribution < -0.4 is 31.5 Å². The summed E-state index contributed by atoms with van der Waals surface area (Å²) < 4.78 is 30.3. The molecule has 5 radical (unpaired) electrons. The van der Waals surface area contributed by atoms with Gasteiger partial charge in [0.1, 0.15) is 5.69 Å². The van der Waals surface area contributed by atoms with Crippen LogP contribution in [0.4, 0.5) is 5.95 Å². The second-order valence-electron chi connectivity index (χ2n) is 31.8. The van der Waals surface area contributed by atoms with E-state index in [0.29, 0.717) is 117 Å². The third-order valence-electron chi connectivity index (χ3n) is 14.8. The number of nitrogens with zero attached hydrogens (tertiary/aromatic N) is 13. The van der Waals surface area contributed by atoms with Crippen molar-refractivity contribution in [1.29, 1.82) is 0 Å². The number of Topliss-reactive ketones (excluding diaryl/α,β-unsaturated/α-hetero) is 2. The predicted octanol–water partition coefficient (Wildman–Crippen LogP) is 4.13. The normalized spacial score (nSPS) is 11.3. The summed E-state index contributed by atoms with van der Waals surface area (Å²) in [5, 5.41) is 79.3. The quantitative estimate of drug-likeness (QED) is 0.0214. The monoisotopic (exact) mass is 2100 g/mol. The van der Waals surface area contributed by atoms with Gasteiger partial charge in [-0.2, -0.15) is 0 Å². The first-order chi connectivity index (χ1) is 54.5. The number of carbonyl (C=O) groups excluding carboxylic acids is 8. The number of ketones is 2. The summed E-state index contributed by atoms with van der Waals surface area (Å²) in [5.74, 6) is -0.162. The topological polar surface area (TPSA) is 468 Å². The number of aryl methyl sites for hydroxylation is 2. The molecule has 10 N–H and O–H groups in total. The fourth-order valence-corrected chi connectivity index (χ4v) is 7.54. The summed E-state index contributed by atoms with van der Waals surface area (Å²) in [4.78, 5) is 99.4. The second-order valence-corrected chi connectivity index (χ2v) is 31.8. The molecule has 1 fully saturated rings. The maximum atomic E-state index is 12.2. The van der Waals surface area contributed by atoms with Gasteiger partial charge in [0.05, 0.1) is 152 Å². The van der Waals surface area contributed by atoms with Crippen molar-refractivity contribution in [3.05, 3.63) is 113 Å². The molecule has 122 heavy (non-hydrogen) atoms. The summed E-state index contributed by atoms with van der Waals surface area (Å²) in [6, 6.07) is 7.27. The number of carbonyl (C=O) groups is 8. The van der Waals surface area contributed by atoms with Crippen LogP contribution in [-0.4, -0.2) is 290 Å². The van der Waals surface area contributed by atoms with Crippen LogP contribution in [0, 0.1) is 57.8 Å². The molecule has 5 heterocycles. The molecule has 36 nitrogen and oxygen atoms in total. The number of piperazine rings is 1. The molecule has 0 bridgehead atoms. The minimum absolute atomic E-state index is 0. The van der Waals surface area contributed by atoms with E-state index >= 15 is 0 Å². The predicted molar refractivity (Wildman–Crippen MR) is 448 cm³/mol. The molecule has 0 atom stereocenters. The standard InChI is InChI=1S/C17H24N4O3.C14H26N4O3.C11H15N4O.C9H19NO3.C6H11N3.2C6H12NO3.2C6H11O.5Y/c1-17(2,3)21-12-15(19-20-21)13-5-4-6-14(11-13)16(23)18-7-9-24-10-8-22;1-14(2,3)18-11-12(16-17-18)5-4-6-13(20)15-7-9-21-10-8-19;1-9-7-12-11(13-8-9)15-5-3-14(4-6-15)10(2)16;1-9(2,3)8(12)10-4-6-13-7-5-11;1-6(2,3)9-5-4-7-8-9;2*1-6(9)7-2-4-10-5-3-8;2*1-5(7)6(2,3)4;;;;;/h4-6,11-12,22H,7-10H2,1-3H3,(H,18,23);11,19H,4-10H2,1-3H3,(H,15,20);7-8H,2-6H2,1H3;11H,4-7H2,1-3H3,(H,10,12);4-5H,1-3H3;2*8H,1-5H2,(H,7,9);2*1H2,2-4H3;;;;;/q;;-1;;;4*-1;;;;;. The summed E-state index contributed by atoms with van der Waals surface area (Å²) in [7, 11) is 0. The van der Waals surface area contributed by atoms with Crippen molar-refractivity contribution in [3.63, 3.8) is 0 Å². The van der Waals surface area contributed by atoms with E-state index in [1.807, 2.05) is 130 Å². The van der Waals surface area contributed by atoms with Crippen molar-refractivity contribution >= 4 is 53.0 Å². The van der Waals surface area contributed by atoms with E-state index in [1.54, 1.807) is 40.3 Å². The third kappa shape index (κ3) is 74.1. The molecule has 0 saturated carbocycles. The number of hydrogen-bond donors (Lipinski definition) is 10. The van der Waals surface area contributed by atoms with E-state index in [1.165, 1.54) is 0 Å². The van der Waals surface area contributed by atoms with Crippen LogP contribution in [0.3, 0.4) is 0 Å². The van der Waals surface area contributed by atoms with E-state index in [2.05, 4.69) is 149 Å². The zero-order valence-electron chi connectivity index (χ0n) is 76.1. The number of aromatic nitrogens is 11. The Labute approximate surface area is 851 Å². The van der Waals surface area contributed by atoms with Gasteiger partial charge >= 0.3 is 0 Å². The molecule has 1 saturated heterocycles. The smallest absolute Gasteiger partial charge is 0.251 e. The van der Waals surface area contributed by atoms with Crippen molar-refractivity contribution in [1.82, 2.24) is 86.4 Å². The average molecular weight is 2100 g/mol. The molecule has 1 aliphatic rings. The van der Waals surface area contributed by atoms with Gasteiger partial charge in [0.15, 0.2) is 0 Å². The number of ether oxygens (including phenoxy) is 5. The van der Waals surface area contributed by atoms with Gasteiger partial charge in [-0.25, -0.2) is 24.0 Å². The first kappa shape index (κ1) is 134. The maximum absolute atomic E-state index is 12.2. The van der Waals surface area contributed by atoms with Gasteiger partial charge in [-0.3, -0.25) is 14.4 Å².